The number of aromatic nitrogens is 3. The Morgan fingerprint density at radius 3 is 2.63 bits per heavy atom. The Morgan fingerprint density at radius 2 is 1.87 bits per heavy atom. The van der Waals surface area contributed by atoms with Gasteiger partial charge in [-0.25, -0.2) is 9.48 Å². The number of para-hydroxylation sites is 2. The van der Waals surface area contributed by atoms with E-state index in [2.05, 4.69) is 15.4 Å². The maximum atomic E-state index is 12.9. The van der Waals surface area contributed by atoms with E-state index in [1.54, 1.807) is 10.7 Å². The van der Waals surface area contributed by atoms with Crippen LogP contribution in [0.3, 0.4) is 0 Å². The summed E-state index contributed by atoms with van der Waals surface area (Å²) in [6.45, 7) is 1.88. The number of carbonyl (C=O) groups is 2. The fraction of sp³-hybridized carbons (Fsp3) is 0.174. The monoisotopic (exact) mass is 402 g/mol. The van der Waals surface area contributed by atoms with Crippen LogP contribution in [-0.2, 0) is 16.0 Å². The molecule has 2 aromatic heterocycles. The van der Waals surface area contributed by atoms with Crippen molar-refractivity contribution in [1.82, 2.24) is 20.1 Å². The molecule has 0 bridgehead atoms. The molecule has 0 saturated heterocycles. The minimum atomic E-state index is -0.830. The molecule has 152 valence electrons. The van der Waals surface area contributed by atoms with Crippen LogP contribution in [0, 0.1) is 6.92 Å². The van der Waals surface area contributed by atoms with Crippen LogP contribution in [0.2, 0.25) is 0 Å². The summed E-state index contributed by atoms with van der Waals surface area (Å²) in [5, 5.41) is 8.19. The van der Waals surface area contributed by atoms with Gasteiger partial charge in [0.1, 0.15) is 6.04 Å². The van der Waals surface area contributed by atoms with E-state index < -0.39 is 17.9 Å². The van der Waals surface area contributed by atoms with Crippen molar-refractivity contribution in [3.05, 3.63) is 83.8 Å². The van der Waals surface area contributed by atoms with Gasteiger partial charge >= 0.3 is 5.97 Å². The highest BCUT2D eigenvalue weighted by Crippen LogP contribution is 2.20. The summed E-state index contributed by atoms with van der Waals surface area (Å²) in [7, 11) is 1.31. The molecule has 0 fully saturated rings. The molecule has 2 aromatic carbocycles. The van der Waals surface area contributed by atoms with E-state index in [1.165, 1.54) is 7.11 Å². The summed E-state index contributed by atoms with van der Waals surface area (Å²) >= 11 is 0. The number of aryl methyl sites for hydroxylation is 1. The Balaban J connectivity index is 1.56. The largest absolute Gasteiger partial charge is 0.467 e. The van der Waals surface area contributed by atoms with E-state index in [0.717, 1.165) is 27.8 Å². The average Bonchev–Trinajstić information content (AvgIpc) is 3.37. The van der Waals surface area contributed by atoms with Gasteiger partial charge in [0.05, 0.1) is 12.8 Å². The third-order valence-electron chi connectivity index (χ3n) is 5.01. The van der Waals surface area contributed by atoms with Crippen LogP contribution >= 0.6 is 0 Å². The second-order valence-electron chi connectivity index (χ2n) is 7.03. The number of esters is 1. The topological polar surface area (TPSA) is 89.0 Å². The van der Waals surface area contributed by atoms with Crippen molar-refractivity contribution in [3.8, 4) is 5.69 Å². The van der Waals surface area contributed by atoms with E-state index in [4.69, 9.17) is 4.74 Å². The van der Waals surface area contributed by atoms with Crippen molar-refractivity contribution >= 4 is 22.8 Å². The van der Waals surface area contributed by atoms with Gasteiger partial charge < -0.3 is 15.0 Å². The van der Waals surface area contributed by atoms with Crippen molar-refractivity contribution in [2.75, 3.05) is 7.11 Å². The van der Waals surface area contributed by atoms with Crippen LogP contribution in [0.5, 0.6) is 0 Å². The molecule has 0 aliphatic heterocycles. The molecule has 0 aliphatic rings. The van der Waals surface area contributed by atoms with Gasteiger partial charge in [0.15, 0.2) is 5.69 Å². The number of rotatable bonds is 6. The minimum absolute atomic E-state index is 0.240. The molecule has 1 amide bonds. The van der Waals surface area contributed by atoms with Crippen molar-refractivity contribution < 1.29 is 14.3 Å². The number of aromatic amines is 1. The van der Waals surface area contributed by atoms with Gasteiger partial charge in [0.2, 0.25) is 0 Å². The number of nitrogens with zero attached hydrogens (tertiary/aromatic N) is 2. The highest BCUT2D eigenvalue weighted by atomic mass is 16.5. The van der Waals surface area contributed by atoms with Gasteiger partial charge in [-0.3, -0.25) is 4.79 Å². The summed E-state index contributed by atoms with van der Waals surface area (Å²) in [6, 6.07) is 18.2. The number of hydrogen-bond acceptors (Lipinski definition) is 4. The molecule has 0 aliphatic carbocycles. The first-order chi connectivity index (χ1) is 14.6. The number of fused-ring (bicyclic) bond motifs is 1. The molecule has 4 aromatic rings. The minimum Gasteiger partial charge on any atom is -0.467 e. The smallest absolute Gasteiger partial charge is 0.328 e. The first-order valence-corrected chi connectivity index (χ1v) is 9.62. The van der Waals surface area contributed by atoms with E-state index in [9.17, 15) is 9.59 Å². The molecule has 0 spiro atoms. The molecule has 30 heavy (non-hydrogen) atoms. The lowest BCUT2D eigenvalue weighted by Crippen LogP contribution is -2.43. The standard InChI is InChI=1S/C23H22N4O3/c1-15-12-20(26-27(15)17-8-4-3-5-9-17)22(28)25-21(23(29)30-2)13-16-14-24-19-11-7-6-10-18(16)19/h3-12,14,21,24H,13H2,1-2H3,(H,25,28)/t21-/m1/s1. The first kappa shape index (κ1) is 19.4. The first-order valence-electron chi connectivity index (χ1n) is 9.62. The molecule has 2 heterocycles. The SMILES string of the molecule is COC(=O)[C@@H](Cc1c[nH]c2ccccc12)NC(=O)c1cc(C)n(-c2ccccc2)n1. The van der Waals surface area contributed by atoms with Gasteiger partial charge in [-0.05, 0) is 36.8 Å². The van der Waals surface area contributed by atoms with Gasteiger partial charge in [-0.2, -0.15) is 5.10 Å². The van der Waals surface area contributed by atoms with Gasteiger partial charge in [-0.15, -0.1) is 0 Å². The number of methoxy groups -OCH3 is 1. The molecule has 0 radical (unpaired) electrons. The summed E-state index contributed by atoms with van der Waals surface area (Å²) in [6.07, 6.45) is 2.15. The van der Waals surface area contributed by atoms with Crippen LogP contribution in [0.4, 0.5) is 0 Å². The number of benzene rings is 2. The van der Waals surface area contributed by atoms with Crippen molar-refractivity contribution in [3.63, 3.8) is 0 Å². The number of nitrogens with one attached hydrogen (secondary N) is 2. The Kier molecular flexibility index (Phi) is 5.34. The van der Waals surface area contributed by atoms with Crippen molar-refractivity contribution in [2.24, 2.45) is 0 Å². The van der Waals surface area contributed by atoms with E-state index in [-0.39, 0.29) is 5.69 Å². The van der Waals surface area contributed by atoms with E-state index in [0.29, 0.717) is 6.42 Å². The quantitative estimate of drug-likeness (QED) is 0.485. The number of H-pyrrole nitrogens is 1. The predicted octanol–water partition coefficient (Wildman–Crippen LogP) is 3.18. The molecule has 0 unspecified atom stereocenters. The highest BCUT2D eigenvalue weighted by molar-refractivity contribution is 5.95. The summed E-state index contributed by atoms with van der Waals surface area (Å²) in [5.74, 6) is -0.934. The Labute approximate surface area is 173 Å². The summed E-state index contributed by atoms with van der Waals surface area (Å²) < 4.78 is 6.61. The summed E-state index contributed by atoms with van der Waals surface area (Å²) in [4.78, 5) is 28.4. The second kappa shape index (κ2) is 8.24. The fourth-order valence-electron chi connectivity index (χ4n) is 3.50. The van der Waals surface area contributed by atoms with Crippen LogP contribution in [0.15, 0.2) is 66.9 Å². The van der Waals surface area contributed by atoms with Gasteiger partial charge in [0, 0.05) is 29.2 Å². The molecular formula is C23H22N4O3. The van der Waals surface area contributed by atoms with Crippen LogP contribution in [0.25, 0.3) is 16.6 Å². The van der Waals surface area contributed by atoms with E-state index >= 15 is 0 Å². The Morgan fingerprint density at radius 1 is 1.13 bits per heavy atom. The highest BCUT2D eigenvalue weighted by Gasteiger charge is 2.25. The van der Waals surface area contributed by atoms with Crippen molar-refractivity contribution in [2.45, 2.75) is 19.4 Å². The van der Waals surface area contributed by atoms with Crippen LogP contribution in [0.1, 0.15) is 21.7 Å². The van der Waals surface area contributed by atoms with E-state index in [1.807, 2.05) is 67.7 Å². The lowest BCUT2D eigenvalue weighted by Gasteiger charge is -2.15. The number of ether oxygens (including phenoxy) is 1. The van der Waals surface area contributed by atoms with Crippen LogP contribution in [-0.4, -0.2) is 39.8 Å². The van der Waals surface area contributed by atoms with Gasteiger partial charge in [0.25, 0.3) is 5.91 Å². The third kappa shape index (κ3) is 3.82. The number of carbonyl (C=O) groups excluding carboxylic acids is 2. The lowest BCUT2D eigenvalue weighted by molar-refractivity contribution is -0.142. The zero-order valence-electron chi connectivity index (χ0n) is 16.8. The maximum Gasteiger partial charge on any atom is 0.328 e. The molecule has 2 N–H and O–H groups in total. The molecule has 7 nitrogen and oxygen atoms in total. The zero-order chi connectivity index (χ0) is 21.1. The average molecular weight is 402 g/mol. The molecule has 0 saturated carbocycles. The predicted molar refractivity (Wildman–Crippen MR) is 114 cm³/mol. The maximum absolute atomic E-state index is 12.9. The van der Waals surface area contributed by atoms with Gasteiger partial charge in [-0.1, -0.05) is 36.4 Å². The fourth-order valence-corrected chi connectivity index (χ4v) is 3.50. The second-order valence-corrected chi connectivity index (χ2v) is 7.03. The summed E-state index contributed by atoms with van der Waals surface area (Å²) in [5.41, 5.74) is 3.81. The Bertz CT molecular complexity index is 1190. The van der Waals surface area contributed by atoms with Crippen LogP contribution < -0.4 is 5.32 Å². The molecular weight excluding hydrogens is 380 g/mol. The third-order valence-corrected chi connectivity index (χ3v) is 5.01. The molecule has 7 heteroatoms. The molecule has 4 rings (SSSR count). The Hall–Kier alpha value is -3.87. The lowest BCUT2D eigenvalue weighted by atomic mass is 10.0. The zero-order valence-corrected chi connectivity index (χ0v) is 16.8. The normalized spacial score (nSPS) is 11.9. The number of hydrogen-bond donors (Lipinski definition) is 2. The van der Waals surface area contributed by atoms with Crippen molar-refractivity contribution in [1.29, 1.82) is 0 Å². The number of amides is 1. The molecule has 1 atom stereocenters.